The first-order valence-electron chi connectivity index (χ1n) is 11.8. The van der Waals surface area contributed by atoms with Crippen LogP contribution >= 0.6 is 0 Å². The summed E-state index contributed by atoms with van der Waals surface area (Å²) < 4.78 is 11.1. The first-order chi connectivity index (χ1) is 16.9. The lowest BCUT2D eigenvalue weighted by molar-refractivity contribution is -0.121. The van der Waals surface area contributed by atoms with Gasteiger partial charge in [0.1, 0.15) is 17.2 Å². The van der Waals surface area contributed by atoms with E-state index in [1.165, 1.54) is 0 Å². The lowest BCUT2D eigenvalue weighted by atomic mass is 10.1. The van der Waals surface area contributed by atoms with Crippen LogP contribution in [0.5, 0.6) is 17.2 Å². The van der Waals surface area contributed by atoms with Gasteiger partial charge in [0, 0.05) is 30.9 Å². The number of carbonyl (C=O) groups is 2. The van der Waals surface area contributed by atoms with E-state index in [-0.39, 0.29) is 11.9 Å². The SMILES string of the molecule is COc1ccc(NC(=O)N(CCCNC(=O)CC(C)C)c2ccc(Oc3ccccc3)cc2)cc1. The number of hydrogen-bond acceptors (Lipinski definition) is 4. The Labute approximate surface area is 207 Å². The highest BCUT2D eigenvalue weighted by atomic mass is 16.5. The van der Waals surface area contributed by atoms with Crippen molar-refractivity contribution >= 4 is 23.3 Å². The normalized spacial score (nSPS) is 10.5. The lowest BCUT2D eigenvalue weighted by Gasteiger charge is -2.24. The Hall–Kier alpha value is -4.00. The molecular formula is C28H33N3O4. The fraction of sp³-hybridized carbons (Fsp3) is 0.286. The Morgan fingerprint density at radius 2 is 1.49 bits per heavy atom. The van der Waals surface area contributed by atoms with Crippen molar-refractivity contribution in [2.45, 2.75) is 26.7 Å². The van der Waals surface area contributed by atoms with Gasteiger partial charge in [-0.15, -0.1) is 0 Å². The molecule has 0 spiro atoms. The van der Waals surface area contributed by atoms with Crippen LogP contribution < -0.4 is 25.0 Å². The van der Waals surface area contributed by atoms with Gasteiger partial charge in [0.05, 0.1) is 7.11 Å². The third-order valence-electron chi connectivity index (χ3n) is 5.19. The molecule has 0 saturated heterocycles. The average Bonchev–Trinajstić information content (AvgIpc) is 2.85. The summed E-state index contributed by atoms with van der Waals surface area (Å²) in [6.07, 6.45) is 1.10. The Kier molecular flexibility index (Phi) is 9.54. The predicted octanol–water partition coefficient (Wildman–Crippen LogP) is 6.08. The molecule has 7 heteroatoms. The molecule has 0 bridgehead atoms. The molecule has 35 heavy (non-hydrogen) atoms. The quantitative estimate of drug-likeness (QED) is 0.330. The summed E-state index contributed by atoms with van der Waals surface area (Å²) in [6, 6.07) is 23.8. The summed E-state index contributed by atoms with van der Waals surface area (Å²) in [5.74, 6) is 2.46. The van der Waals surface area contributed by atoms with Gasteiger partial charge in [-0.3, -0.25) is 9.69 Å². The van der Waals surface area contributed by atoms with Crippen LogP contribution in [0.3, 0.4) is 0 Å². The van der Waals surface area contributed by atoms with Crippen LogP contribution in [-0.4, -0.2) is 32.1 Å². The van der Waals surface area contributed by atoms with Crippen LogP contribution in [0.15, 0.2) is 78.9 Å². The van der Waals surface area contributed by atoms with Gasteiger partial charge < -0.3 is 20.1 Å². The molecule has 0 aliphatic rings. The maximum atomic E-state index is 13.2. The molecular weight excluding hydrogens is 442 g/mol. The third kappa shape index (κ3) is 8.37. The van der Waals surface area contributed by atoms with E-state index in [0.29, 0.717) is 49.0 Å². The third-order valence-corrected chi connectivity index (χ3v) is 5.19. The Balaban J connectivity index is 1.68. The minimum atomic E-state index is -0.264. The monoisotopic (exact) mass is 475 g/mol. The molecule has 0 aliphatic carbocycles. The van der Waals surface area contributed by atoms with Gasteiger partial charge in [-0.25, -0.2) is 4.79 Å². The Morgan fingerprint density at radius 1 is 0.857 bits per heavy atom. The minimum absolute atomic E-state index is 0.0247. The maximum Gasteiger partial charge on any atom is 0.326 e. The van der Waals surface area contributed by atoms with Crippen molar-refractivity contribution in [1.82, 2.24) is 5.32 Å². The summed E-state index contributed by atoms with van der Waals surface area (Å²) in [7, 11) is 1.60. The summed E-state index contributed by atoms with van der Waals surface area (Å²) in [5, 5.41) is 5.86. The second-order valence-corrected chi connectivity index (χ2v) is 8.52. The van der Waals surface area contributed by atoms with Crippen LogP contribution in [0.25, 0.3) is 0 Å². The average molecular weight is 476 g/mol. The number of benzene rings is 3. The van der Waals surface area contributed by atoms with E-state index in [9.17, 15) is 9.59 Å². The number of para-hydroxylation sites is 1. The second kappa shape index (κ2) is 13.0. The van der Waals surface area contributed by atoms with E-state index in [1.54, 1.807) is 36.3 Å². The first kappa shape index (κ1) is 25.6. The molecule has 3 amide bonds. The van der Waals surface area contributed by atoms with Crippen molar-refractivity contribution in [3.8, 4) is 17.2 Å². The molecule has 0 radical (unpaired) electrons. The van der Waals surface area contributed by atoms with Crippen LogP contribution in [0.4, 0.5) is 16.2 Å². The Bertz CT molecular complexity index is 1070. The first-order valence-corrected chi connectivity index (χ1v) is 11.8. The van der Waals surface area contributed by atoms with E-state index in [2.05, 4.69) is 10.6 Å². The largest absolute Gasteiger partial charge is 0.497 e. The number of ether oxygens (including phenoxy) is 2. The van der Waals surface area contributed by atoms with Gasteiger partial charge in [-0.05, 0) is 73.0 Å². The van der Waals surface area contributed by atoms with Crippen LogP contribution in [0, 0.1) is 5.92 Å². The summed E-state index contributed by atoms with van der Waals surface area (Å²) in [5.41, 5.74) is 1.39. The topological polar surface area (TPSA) is 79.9 Å². The van der Waals surface area contributed by atoms with Gasteiger partial charge in [0.25, 0.3) is 0 Å². The number of nitrogens with zero attached hydrogens (tertiary/aromatic N) is 1. The fourth-order valence-corrected chi connectivity index (χ4v) is 3.44. The van der Waals surface area contributed by atoms with Gasteiger partial charge in [0.2, 0.25) is 5.91 Å². The zero-order valence-corrected chi connectivity index (χ0v) is 20.5. The number of urea groups is 1. The number of rotatable bonds is 11. The van der Waals surface area contributed by atoms with Crippen LogP contribution in [0.1, 0.15) is 26.7 Å². The highest BCUT2D eigenvalue weighted by molar-refractivity contribution is 6.01. The highest BCUT2D eigenvalue weighted by Crippen LogP contribution is 2.25. The number of methoxy groups -OCH3 is 1. The standard InChI is InChI=1S/C28H33N3O4/c1-21(2)20-27(32)29-18-7-19-31(28(33)30-22-10-14-24(34-3)15-11-22)23-12-16-26(17-13-23)35-25-8-5-4-6-9-25/h4-6,8-17,21H,7,18-20H2,1-3H3,(H,29,32)(H,30,33). The molecule has 0 fully saturated rings. The molecule has 0 heterocycles. The molecule has 0 aromatic heterocycles. The van der Waals surface area contributed by atoms with Gasteiger partial charge in [-0.2, -0.15) is 0 Å². The maximum absolute atomic E-state index is 13.2. The van der Waals surface area contributed by atoms with Crippen molar-refractivity contribution in [2.75, 3.05) is 30.4 Å². The van der Waals surface area contributed by atoms with Gasteiger partial charge >= 0.3 is 6.03 Å². The van der Waals surface area contributed by atoms with Crippen molar-refractivity contribution in [1.29, 1.82) is 0 Å². The summed E-state index contributed by atoms with van der Waals surface area (Å²) >= 11 is 0. The van der Waals surface area contributed by atoms with Crippen LogP contribution in [-0.2, 0) is 4.79 Å². The molecule has 2 N–H and O–H groups in total. The van der Waals surface area contributed by atoms with Gasteiger partial charge in [0.15, 0.2) is 0 Å². The van der Waals surface area contributed by atoms with E-state index in [0.717, 1.165) is 11.4 Å². The fourth-order valence-electron chi connectivity index (χ4n) is 3.44. The molecule has 0 unspecified atom stereocenters. The number of nitrogens with one attached hydrogen (secondary N) is 2. The lowest BCUT2D eigenvalue weighted by Crippen LogP contribution is -2.37. The minimum Gasteiger partial charge on any atom is -0.497 e. The molecule has 0 atom stereocenters. The van der Waals surface area contributed by atoms with E-state index in [1.807, 2.05) is 68.4 Å². The summed E-state index contributed by atoms with van der Waals surface area (Å²) in [4.78, 5) is 26.8. The number of carbonyl (C=O) groups excluding carboxylic acids is 2. The predicted molar refractivity (Wildman–Crippen MR) is 139 cm³/mol. The zero-order valence-electron chi connectivity index (χ0n) is 20.5. The van der Waals surface area contributed by atoms with E-state index >= 15 is 0 Å². The molecule has 0 saturated carbocycles. The zero-order chi connectivity index (χ0) is 25.0. The summed E-state index contributed by atoms with van der Waals surface area (Å²) in [6.45, 7) is 4.95. The van der Waals surface area contributed by atoms with E-state index < -0.39 is 0 Å². The number of anilines is 2. The second-order valence-electron chi connectivity index (χ2n) is 8.52. The molecule has 7 nitrogen and oxygen atoms in total. The smallest absolute Gasteiger partial charge is 0.326 e. The highest BCUT2D eigenvalue weighted by Gasteiger charge is 2.16. The van der Waals surface area contributed by atoms with Crippen molar-refractivity contribution in [3.63, 3.8) is 0 Å². The molecule has 3 aromatic rings. The van der Waals surface area contributed by atoms with Crippen molar-refractivity contribution < 1.29 is 19.1 Å². The Morgan fingerprint density at radius 3 is 2.11 bits per heavy atom. The number of amides is 3. The molecule has 184 valence electrons. The van der Waals surface area contributed by atoms with Crippen molar-refractivity contribution in [2.24, 2.45) is 5.92 Å². The molecule has 0 aliphatic heterocycles. The van der Waals surface area contributed by atoms with Gasteiger partial charge in [-0.1, -0.05) is 32.0 Å². The molecule has 3 rings (SSSR count). The van der Waals surface area contributed by atoms with Crippen LogP contribution in [0.2, 0.25) is 0 Å². The van der Waals surface area contributed by atoms with Crippen molar-refractivity contribution in [3.05, 3.63) is 78.9 Å². The van der Waals surface area contributed by atoms with E-state index in [4.69, 9.17) is 9.47 Å². The number of hydrogen-bond donors (Lipinski definition) is 2. The molecule has 3 aromatic carbocycles.